The molecule has 23 heavy (non-hydrogen) atoms. The van der Waals surface area contributed by atoms with E-state index in [1.54, 1.807) is 36.9 Å². The van der Waals surface area contributed by atoms with E-state index in [-0.39, 0.29) is 18.5 Å². The first kappa shape index (κ1) is 15.4. The van der Waals surface area contributed by atoms with Crippen molar-refractivity contribution in [3.05, 3.63) is 53.2 Å². The van der Waals surface area contributed by atoms with E-state index in [9.17, 15) is 4.79 Å². The Hall–Kier alpha value is -2.47. The maximum atomic E-state index is 12.3. The Labute approximate surface area is 138 Å². The zero-order valence-corrected chi connectivity index (χ0v) is 13.6. The summed E-state index contributed by atoms with van der Waals surface area (Å²) in [5.74, 6) is -0.236. The van der Waals surface area contributed by atoms with Gasteiger partial charge in [0.05, 0.1) is 29.2 Å². The molecule has 0 atom stereocenters. The Morgan fingerprint density at radius 3 is 2.91 bits per heavy atom. The van der Waals surface area contributed by atoms with Gasteiger partial charge in [0.1, 0.15) is 5.52 Å². The number of amides is 1. The molecule has 3 rings (SSSR count). The topological polar surface area (TPSA) is 72.7 Å². The Morgan fingerprint density at radius 2 is 2.17 bits per heavy atom. The van der Waals surface area contributed by atoms with Crippen molar-refractivity contribution in [2.24, 2.45) is 0 Å². The molecule has 0 aliphatic rings. The molecular formula is C16H16ClN5O. The molecular weight excluding hydrogens is 314 g/mol. The maximum absolute atomic E-state index is 12.3. The molecule has 0 bridgehead atoms. The first-order valence-electron chi connectivity index (χ1n) is 7.26. The van der Waals surface area contributed by atoms with Crippen LogP contribution in [-0.2, 0) is 6.54 Å². The van der Waals surface area contributed by atoms with Gasteiger partial charge in [-0.15, -0.1) is 0 Å². The number of hydrogen-bond acceptors (Lipinski definition) is 4. The van der Waals surface area contributed by atoms with Gasteiger partial charge < -0.3 is 9.88 Å². The number of hydrogen-bond donors (Lipinski definition) is 1. The average Bonchev–Trinajstić information content (AvgIpc) is 2.97. The smallest absolute Gasteiger partial charge is 0.253 e. The molecule has 1 amide bonds. The Bertz CT molecular complexity index is 859. The average molecular weight is 330 g/mol. The molecule has 7 heteroatoms. The van der Waals surface area contributed by atoms with Gasteiger partial charge in [-0.05, 0) is 32.0 Å². The van der Waals surface area contributed by atoms with Crippen molar-refractivity contribution in [2.45, 2.75) is 26.4 Å². The second kappa shape index (κ2) is 6.34. The van der Waals surface area contributed by atoms with E-state index in [1.165, 1.54) is 0 Å². The number of nitrogens with one attached hydrogen (secondary N) is 1. The monoisotopic (exact) mass is 329 g/mol. The number of carbonyl (C=O) groups excluding carboxylic acids is 1. The van der Waals surface area contributed by atoms with E-state index in [4.69, 9.17) is 11.6 Å². The van der Waals surface area contributed by atoms with E-state index in [0.29, 0.717) is 21.8 Å². The van der Waals surface area contributed by atoms with Crippen LogP contribution in [0.25, 0.3) is 11.2 Å². The van der Waals surface area contributed by atoms with Gasteiger partial charge in [0, 0.05) is 18.4 Å². The van der Waals surface area contributed by atoms with Crippen LogP contribution in [0.1, 0.15) is 35.9 Å². The lowest BCUT2D eigenvalue weighted by molar-refractivity contribution is 0.0950. The van der Waals surface area contributed by atoms with Crippen LogP contribution in [0.15, 0.2) is 36.9 Å². The molecule has 0 unspecified atom stereocenters. The number of aromatic nitrogens is 4. The number of carbonyl (C=O) groups is 1. The molecule has 0 aliphatic carbocycles. The third-order valence-electron chi connectivity index (χ3n) is 3.48. The summed E-state index contributed by atoms with van der Waals surface area (Å²) in [5.41, 5.74) is 2.55. The molecule has 3 aromatic heterocycles. The highest BCUT2D eigenvalue weighted by atomic mass is 35.5. The number of imidazole rings is 1. The largest absolute Gasteiger partial charge is 0.346 e. The highest BCUT2D eigenvalue weighted by molar-refractivity contribution is 6.31. The molecule has 0 radical (unpaired) electrons. The molecule has 1 N–H and O–H groups in total. The molecule has 0 saturated carbocycles. The van der Waals surface area contributed by atoms with Gasteiger partial charge in [-0.25, -0.2) is 9.97 Å². The quantitative estimate of drug-likeness (QED) is 0.798. The lowest BCUT2D eigenvalue weighted by Gasteiger charge is -2.08. The van der Waals surface area contributed by atoms with Crippen molar-refractivity contribution >= 4 is 28.7 Å². The summed E-state index contributed by atoms with van der Waals surface area (Å²) in [4.78, 5) is 25.1. The first-order chi connectivity index (χ1) is 11.1. The lowest BCUT2D eigenvalue weighted by Crippen LogP contribution is -2.23. The number of nitrogens with zero attached hydrogens (tertiary/aromatic N) is 4. The predicted octanol–water partition coefficient (Wildman–Crippen LogP) is 2.99. The standard InChI is InChI=1S/C16H16ClN5O/c1-10(2)22-9-21-13-6-11(7-19-15(13)22)16(23)20-8-14-12(17)4-3-5-18-14/h3-7,9-10H,8H2,1-2H3,(H,20,23). The summed E-state index contributed by atoms with van der Waals surface area (Å²) < 4.78 is 1.96. The number of rotatable bonds is 4. The molecule has 0 saturated heterocycles. The maximum Gasteiger partial charge on any atom is 0.253 e. The van der Waals surface area contributed by atoms with Crippen molar-refractivity contribution in [1.29, 1.82) is 0 Å². The van der Waals surface area contributed by atoms with Crippen LogP contribution in [0.2, 0.25) is 5.02 Å². The van der Waals surface area contributed by atoms with Crippen molar-refractivity contribution in [3.8, 4) is 0 Å². The van der Waals surface area contributed by atoms with E-state index in [0.717, 1.165) is 5.65 Å². The van der Waals surface area contributed by atoms with Crippen LogP contribution in [0.4, 0.5) is 0 Å². The van der Waals surface area contributed by atoms with Gasteiger partial charge in [-0.2, -0.15) is 0 Å². The molecule has 0 aliphatic heterocycles. The predicted molar refractivity (Wildman–Crippen MR) is 88.3 cm³/mol. The lowest BCUT2D eigenvalue weighted by atomic mass is 10.2. The minimum Gasteiger partial charge on any atom is -0.346 e. The Balaban J connectivity index is 1.77. The van der Waals surface area contributed by atoms with Crippen molar-refractivity contribution < 1.29 is 4.79 Å². The van der Waals surface area contributed by atoms with Gasteiger partial charge >= 0.3 is 0 Å². The van der Waals surface area contributed by atoms with Crippen LogP contribution in [0.3, 0.4) is 0 Å². The molecule has 3 heterocycles. The Morgan fingerprint density at radius 1 is 1.35 bits per heavy atom. The Kier molecular flexibility index (Phi) is 4.25. The molecule has 3 aromatic rings. The second-order valence-electron chi connectivity index (χ2n) is 5.43. The van der Waals surface area contributed by atoms with Crippen molar-refractivity contribution in [3.63, 3.8) is 0 Å². The van der Waals surface area contributed by atoms with Crippen LogP contribution >= 0.6 is 11.6 Å². The second-order valence-corrected chi connectivity index (χ2v) is 5.83. The van der Waals surface area contributed by atoms with E-state index >= 15 is 0 Å². The summed E-state index contributed by atoms with van der Waals surface area (Å²) in [6.45, 7) is 4.37. The minimum atomic E-state index is -0.236. The first-order valence-corrected chi connectivity index (χ1v) is 7.64. The summed E-state index contributed by atoms with van der Waals surface area (Å²) >= 11 is 6.03. The fourth-order valence-electron chi connectivity index (χ4n) is 2.24. The molecule has 0 aromatic carbocycles. The van der Waals surface area contributed by atoms with Crippen LogP contribution in [-0.4, -0.2) is 25.4 Å². The SMILES string of the molecule is CC(C)n1cnc2cc(C(=O)NCc3ncccc3Cl)cnc21. The molecule has 0 spiro atoms. The molecule has 6 nitrogen and oxygen atoms in total. The van der Waals surface area contributed by atoms with E-state index < -0.39 is 0 Å². The number of halogens is 1. The number of pyridine rings is 2. The third kappa shape index (κ3) is 3.17. The van der Waals surface area contributed by atoms with Crippen molar-refractivity contribution in [1.82, 2.24) is 24.8 Å². The minimum absolute atomic E-state index is 0.236. The van der Waals surface area contributed by atoms with Gasteiger partial charge in [0.25, 0.3) is 5.91 Å². The third-order valence-corrected chi connectivity index (χ3v) is 3.83. The van der Waals surface area contributed by atoms with E-state index in [1.807, 2.05) is 4.57 Å². The van der Waals surface area contributed by atoms with Gasteiger partial charge in [-0.1, -0.05) is 11.6 Å². The zero-order chi connectivity index (χ0) is 16.4. The van der Waals surface area contributed by atoms with Crippen LogP contribution in [0.5, 0.6) is 0 Å². The van der Waals surface area contributed by atoms with Gasteiger partial charge in [0.15, 0.2) is 5.65 Å². The fourth-order valence-corrected chi connectivity index (χ4v) is 2.42. The summed E-state index contributed by atoms with van der Waals surface area (Å²) in [6, 6.07) is 5.48. The normalized spacial score (nSPS) is 11.1. The van der Waals surface area contributed by atoms with Gasteiger partial charge in [0.2, 0.25) is 0 Å². The number of fused-ring (bicyclic) bond motifs is 1. The van der Waals surface area contributed by atoms with E-state index in [2.05, 4.69) is 34.1 Å². The fraction of sp³-hybridized carbons (Fsp3) is 0.250. The summed E-state index contributed by atoms with van der Waals surface area (Å²) in [5, 5.41) is 3.31. The zero-order valence-electron chi connectivity index (χ0n) is 12.8. The van der Waals surface area contributed by atoms with Crippen molar-refractivity contribution in [2.75, 3.05) is 0 Å². The van der Waals surface area contributed by atoms with Crippen LogP contribution < -0.4 is 5.32 Å². The summed E-state index contributed by atoms with van der Waals surface area (Å²) in [6.07, 6.45) is 4.93. The van der Waals surface area contributed by atoms with Gasteiger partial charge in [-0.3, -0.25) is 9.78 Å². The highest BCUT2D eigenvalue weighted by Gasteiger charge is 2.12. The molecule has 118 valence electrons. The van der Waals surface area contributed by atoms with Crippen LogP contribution in [0, 0.1) is 0 Å². The highest BCUT2D eigenvalue weighted by Crippen LogP contribution is 2.16. The summed E-state index contributed by atoms with van der Waals surface area (Å²) in [7, 11) is 0. The molecule has 0 fully saturated rings.